The highest BCUT2D eigenvalue weighted by Crippen LogP contribution is 2.43. The van der Waals surface area contributed by atoms with Crippen LogP contribution in [0.1, 0.15) is 5.69 Å². The summed E-state index contributed by atoms with van der Waals surface area (Å²) < 4.78 is 4.91. The zero-order chi connectivity index (χ0) is 32.2. The first-order valence-electron chi connectivity index (χ1n) is 16.8. The number of para-hydroxylation sites is 3. The SMILES string of the molecule is Cc1c(-c2ccccn2)c2cccc3c2n1-c1cccc2c1B3c1cccc(-c3cccc(-n4c5ccccc5c5ccccc54)c3)c1S2. The van der Waals surface area contributed by atoms with Gasteiger partial charge in [0.25, 0.3) is 0 Å². The Kier molecular flexibility index (Phi) is 5.62. The van der Waals surface area contributed by atoms with Crippen LogP contribution in [0.4, 0.5) is 0 Å². The lowest BCUT2D eigenvalue weighted by atomic mass is 9.35. The molecule has 0 atom stereocenters. The summed E-state index contributed by atoms with van der Waals surface area (Å²) in [6, 6.07) is 53.4. The Bertz CT molecular complexity index is 2780. The van der Waals surface area contributed by atoms with Crippen molar-refractivity contribution in [3.8, 4) is 33.8 Å². The lowest BCUT2D eigenvalue weighted by molar-refractivity contribution is 1.05. The maximum atomic E-state index is 4.80. The first kappa shape index (κ1) is 27.2. The van der Waals surface area contributed by atoms with Crippen LogP contribution in [0.2, 0.25) is 0 Å². The van der Waals surface area contributed by atoms with E-state index in [0.29, 0.717) is 0 Å². The van der Waals surface area contributed by atoms with Gasteiger partial charge in [0, 0.05) is 60.3 Å². The van der Waals surface area contributed by atoms with Gasteiger partial charge >= 0.3 is 0 Å². The molecule has 3 aromatic heterocycles. The molecule has 0 unspecified atom stereocenters. The predicted octanol–water partition coefficient (Wildman–Crippen LogP) is 9.06. The molecule has 5 heteroatoms. The average molecular weight is 642 g/mol. The zero-order valence-electron chi connectivity index (χ0n) is 26.8. The van der Waals surface area contributed by atoms with Crippen LogP contribution in [0, 0.1) is 6.92 Å². The fourth-order valence-corrected chi connectivity index (χ4v) is 9.99. The topological polar surface area (TPSA) is 22.8 Å². The van der Waals surface area contributed by atoms with E-state index >= 15 is 0 Å². The Hall–Kier alpha value is -5.78. The van der Waals surface area contributed by atoms with E-state index in [1.54, 1.807) is 0 Å². The van der Waals surface area contributed by atoms with Gasteiger partial charge in [0.1, 0.15) is 0 Å². The molecule has 0 amide bonds. The highest BCUT2D eigenvalue weighted by Gasteiger charge is 2.40. The molecule has 0 radical (unpaired) electrons. The van der Waals surface area contributed by atoms with Crippen LogP contribution < -0.4 is 16.4 Å². The van der Waals surface area contributed by atoms with Gasteiger partial charge in [-0.2, -0.15) is 0 Å². The first-order chi connectivity index (χ1) is 24.3. The molecule has 6 aromatic carbocycles. The second-order valence-electron chi connectivity index (χ2n) is 13.1. The maximum Gasteiger partial charge on any atom is 0.249 e. The molecule has 9 aromatic rings. The lowest BCUT2D eigenvalue weighted by Gasteiger charge is -2.34. The Morgan fingerprint density at radius 3 is 2.14 bits per heavy atom. The fraction of sp³-hybridized carbons (Fsp3) is 0.0227. The number of fused-ring (bicyclic) bond motifs is 7. The third-order valence-electron chi connectivity index (χ3n) is 10.6. The van der Waals surface area contributed by atoms with Crippen molar-refractivity contribution in [3.05, 3.63) is 157 Å². The number of nitrogens with zero attached hydrogens (tertiary/aromatic N) is 3. The van der Waals surface area contributed by atoms with Crippen LogP contribution in [0.5, 0.6) is 0 Å². The monoisotopic (exact) mass is 641 g/mol. The van der Waals surface area contributed by atoms with Crippen LogP contribution in [0.3, 0.4) is 0 Å². The summed E-state index contributed by atoms with van der Waals surface area (Å²) in [4.78, 5) is 7.48. The van der Waals surface area contributed by atoms with Crippen LogP contribution in [0.25, 0.3) is 66.5 Å². The Balaban J connectivity index is 1.13. The Labute approximate surface area is 288 Å². The van der Waals surface area contributed by atoms with Crippen LogP contribution >= 0.6 is 11.8 Å². The molecular formula is C44H28BN3S. The predicted molar refractivity (Wildman–Crippen MR) is 206 cm³/mol. The molecule has 11 rings (SSSR count). The van der Waals surface area contributed by atoms with Crippen molar-refractivity contribution in [1.82, 2.24) is 14.1 Å². The van der Waals surface area contributed by atoms with Gasteiger partial charge in [-0.1, -0.05) is 114 Å². The molecule has 5 heterocycles. The van der Waals surface area contributed by atoms with Crippen LogP contribution in [0.15, 0.2) is 162 Å². The molecule has 49 heavy (non-hydrogen) atoms. The third-order valence-corrected chi connectivity index (χ3v) is 11.9. The molecule has 228 valence electrons. The summed E-state index contributed by atoms with van der Waals surface area (Å²) in [5.74, 6) is 0. The molecular weight excluding hydrogens is 613 g/mol. The maximum absolute atomic E-state index is 4.80. The van der Waals surface area contributed by atoms with Crippen molar-refractivity contribution in [2.75, 3.05) is 0 Å². The summed E-state index contributed by atoms with van der Waals surface area (Å²) in [7, 11) is 0. The highest BCUT2D eigenvalue weighted by molar-refractivity contribution is 8.00. The van der Waals surface area contributed by atoms with Gasteiger partial charge in [-0.25, -0.2) is 0 Å². The summed E-state index contributed by atoms with van der Waals surface area (Å²) >= 11 is 1.92. The van der Waals surface area contributed by atoms with Gasteiger partial charge in [0.2, 0.25) is 6.71 Å². The molecule has 2 aliphatic rings. The number of benzene rings is 6. The van der Waals surface area contributed by atoms with Gasteiger partial charge in [-0.15, -0.1) is 0 Å². The largest absolute Gasteiger partial charge is 0.314 e. The number of aromatic nitrogens is 3. The van der Waals surface area contributed by atoms with Gasteiger partial charge in [-0.3, -0.25) is 4.98 Å². The van der Waals surface area contributed by atoms with Crippen molar-refractivity contribution >= 4 is 67.6 Å². The molecule has 0 saturated heterocycles. The molecule has 3 nitrogen and oxygen atoms in total. The summed E-state index contributed by atoms with van der Waals surface area (Å²) in [5.41, 5.74) is 16.3. The number of hydrogen-bond donors (Lipinski definition) is 0. The van der Waals surface area contributed by atoms with Crippen molar-refractivity contribution in [3.63, 3.8) is 0 Å². The molecule has 0 N–H and O–H groups in total. The minimum Gasteiger partial charge on any atom is -0.314 e. The highest BCUT2D eigenvalue weighted by atomic mass is 32.2. The smallest absolute Gasteiger partial charge is 0.249 e. The Morgan fingerprint density at radius 2 is 1.33 bits per heavy atom. The molecule has 0 fully saturated rings. The van der Waals surface area contributed by atoms with E-state index in [9.17, 15) is 0 Å². The zero-order valence-corrected chi connectivity index (χ0v) is 27.6. The van der Waals surface area contributed by atoms with E-state index in [4.69, 9.17) is 4.98 Å². The van der Waals surface area contributed by atoms with Crippen LogP contribution in [-0.2, 0) is 0 Å². The molecule has 0 spiro atoms. The van der Waals surface area contributed by atoms with E-state index in [1.807, 2.05) is 24.0 Å². The minimum absolute atomic E-state index is 0.144. The fourth-order valence-electron chi connectivity index (χ4n) is 8.69. The summed E-state index contributed by atoms with van der Waals surface area (Å²) in [6.45, 7) is 2.39. The molecule has 0 bridgehead atoms. The lowest BCUT2D eigenvalue weighted by Crippen LogP contribution is -2.58. The van der Waals surface area contributed by atoms with E-state index in [0.717, 1.165) is 5.69 Å². The van der Waals surface area contributed by atoms with E-state index in [2.05, 4.69) is 156 Å². The number of rotatable bonds is 3. The normalized spacial score (nSPS) is 12.9. The van der Waals surface area contributed by atoms with Crippen LogP contribution in [-0.4, -0.2) is 20.8 Å². The van der Waals surface area contributed by atoms with Gasteiger partial charge in [0.05, 0.1) is 16.7 Å². The molecule has 0 saturated carbocycles. The van der Waals surface area contributed by atoms with Crippen molar-refractivity contribution < 1.29 is 0 Å². The van der Waals surface area contributed by atoms with Crippen molar-refractivity contribution in [1.29, 1.82) is 0 Å². The average Bonchev–Trinajstić information content (AvgIpc) is 3.65. The van der Waals surface area contributed by atoms with E-state index in [-0.39, 0.29) is 6.71 Å². The van der Waals surface area contributed by atoms with Crippen molar-refractivity contribution in [2.45, 2.75) is 16.7 Å². The summed E-state index contributed by atoms with van der Waals surface area (Å²) in [6.07, 6.45) is 1.90. The van der Waals surface area contributed by atoms with E-state index < -0.39 is 0 Å². The van der Waals surface area contributed by atoms with Gasteiger partial charge < -0.3 is 9.13 Å². The first-order valence-corrected chi connectivity index (χ1v) is 17.7. The second-order valence-corrected chi connectivity index (χ2v) is 14.2. The van der Waals surface area contributed by atoms with Gasteiger partial charge in [0.15, 0.2) is 0 Å². The molecule has 0 aliphatic carbocycles. The van der Waals surface area contributed by atoms with E-state index in [1.165, 1.54) is 92.6 Å². The van der Waals surface area contributed by atoms with Gasteiger partial charge in [-0.05, 0) is 77.5 Å². The third kappa shape index (κ3) is 3.68. The quantitative estimate of drug-likeness (QED) is 0.180. The number of pyridine rings is 1. The standard InChI is InChI=1S/C44H28BN3S/c1-27-41(36-20-6-7-25-46-36)33-17-10-18-34-43(33)47(27)39-23-11-24-40-42(39)45(34)35-19-9-16-30(44(35)49-40)28-12-8-13-29(26-28)48-37-21-4-2-14-31(37)32-15-3-5-22-38(32)48/h2-26H,1H3. The summed E-state index contributed by atoms with van der Waals surface area (Å²) in [5, 5.41) is 3.82. The number of hydrogen-bond acceptors (Lipinski definition) is 2. The Morgan fingerprint density at radius 1 is 0.612 bits per heavy atom. The minimum atomic E-state index is 0.144. The van der Waals surface area contributed by atoms with Crippen molar-refractivity contribution in [2.24, 2.45) is 0 Å². The molecule has 2 aliphatic heterocycles. The second kappa shape index (κ2) is 10.1.